The third kappa shape index (κ3) is 3.78. The Morgan fingerprint density at radius 3 is 2.31 bits per heavy atom. The molecular weight excluding hydrogens is 198 g/mol. The van der Waals surface area contributed by atoms with Crippen molar-refractivity contribution < 1.29 is 4.79 Å². The quantitative estimate of drug-likeness (QED) is 0.823. The fourth-order valence-corrected chi connectivity index (χ4v) is 1.97. The van der Waals surface area contributed by atoms with Crippen molar-refractivity contribution in [1.82, 2.24) is 5.32 Å². The second-order valence-corrected chi connectivity index (χ2v) is 4.60. The molecule has 1 unspecified atom stereocenters. The van der Waals surface area contributed by atoms with Crippen LogP contribution in [0.25, 0.3) is 0 Å². The number of aryl methyl sites for hydroxylation is 2. The topological polar surface area (TPSA) is 29.1 Å². The molecule has 0 heterocycles. The van der Waals surface area contributed by atoms with E-state index in [0.29, 0.717) is 12.2 Å². The van der Waals surface area contributed by atoms with Gasteiger partial charge in [-0.15, -0.1) is 0 Å². The van der Waals surface area contributed by atoms with Crippen LogP contribution in [-0.4, -0.2) is 19.4 Å². The Morgan fingerprint density at radius 2 is 1.81 bits per heavy atom. The lowest BCUT2D eigenvalue weighted by Crippen LogP contribution is -2.24. The molecule has 1 aromatic rings. The van der Waals surface area contributed by atoms with Crippen LogP contribution in [0.1, 0.15) is 23.6 Å². The molecule has 1 rings (SSSR count). The highest BCUT2D eigenvalue weighted by Crippen LogP contribution is 2.11. The number of hydrogen-bond donors (Lipinski definition) is 1. The average Bonchev–Trinajstić information content (AvgIpc) is 2.16. The summed E-state index contributed by atoms with van der Waals surface area (Å²) in [6.45, 7) is 6.86. The van der Waals surface area contributed by atoms with Crippen LogP contribution in [0.2, 0.25) is 0 Å². The molecule has 0 fully saturated rings. The first-order valence-corrected chi connectivity index (χ1v) is 5.77. The third-order valence-electron chi connectivity index (χ3n) is 2.72. The van der Waals surface area contributed by atoms with Crippen molar-refractivity contribution in [2.75, 3.05) is 13.6 Å². The highest BCUT2D eigenvalue weighted by Gasteiger charge is 2.12. The van der Waals surface area contributed by atoms with Crippen molar-refractivity contribution in [2.45, 2.75) is 27.2 Å². The van der Waals surface area contributed by atoms with Crippen molar-refractivity contribution >= 4 is 5.78 Å². The van der Waals surface area contributed by atoms with Crippen molar-refractivity contribution in [3.63, 3.8) is 0 Å². The maximum absolute atomic E-state index is 11.9. The summed E-state index contributed by atoms with van der Waals surface area (Å²) in [7, 11) is 1.88. The zero-order chi connectivity index (χ0) is 12.1. The summed E-state index contributed by atoms with van der Waals surface area (Å²) in [4.78, 5) is 11.9. The van der Waals surface area contributed by atoms with E-state index in [2.05, 4.69) is 37.4 Å². The molecule has 0 saturated carbocycles. The Labute approximate surface area is 98.1 Å². The molecule has 0 bridgehead atoms. The Bertz CT molecular complexity index is 351. The van der Waals surface area contributed by atoms with Crippen LogP contribution in [0.15, 0.2) is 18.2 Å². The molecule has 0 spiro atoms. The smallest absolute Gasteiger partial charge is 0.141 e. The number of ketones is 1. The first kappa shape index (κ1) is 12.9. The van der Waals surface area contributed by atoms with Crippen LogP contribution in [0.3, 0.4) is 0 Å². The zero-order valence-corrected chi connectivity index (χ0v) is 10.6. The number of hydrogen-bond acceptors (Lipinski definition) is 2. The van der Waals surface area contributed by atoms with E-state index < -0.39 is 0 Å². The van der Waals surface area contributed by atoms with Gasteiger partial charge in [0.25, 0.3) is 0 Å². The summed E-state index contributed by atoms with van der Waals surface area (Å²) in [5.74, 6) is 0.394. The average molecular weight is 219 g/mol. The van der Waals surface area contributed by atoms with Crippen LogP contribution < -0.4 is 5.32 Å². The molecule has 0 aliphatic heterocycles. The molecule has 1 aromatic carbocycles. The monoisotopic (exact) mass is 219 g/mol. The van der Waals surface area contributed by atoms with Gasteiger partial charge in [0, 0.05) is 18.9 Å². The maximum atomic E-state index is 11.9. The minimum Gasteiger partial charge on any atom is -0.319 e. The van der Waals surface area contributed by atoms with Gasteiger partial charge in [-0.1, -0.05) is 36.2 Å². The molecule has 1 N–H and O–H groups in total. The van der Waals surface area contributed by atoms with Gasteiger partial charge in [-0.2, -0.15) is 0 Å². The van der Waals surface area contributed by atoms with Crippen LogP contribution >= 0.6 is 0 Å². The van der Waals surface area contributed by atoms with Gasteiger partial charge in [0.15, 0.2) is 0 Å². The van der Waals surface area contributed by atoms with E-state index in [1.54, 1.807) is 0 Å². The van der Waals surface area contributed by atoms with Gasteiger partial charge in [0.2, 0.25) is 0 Å². The Morgan fingerprint density at radius 1 is 1.25 bits per heavy atom. The summed E-state index contributed by atoms with van der Waals surface area (Å²) in [5.41, 5.74) is 3.58. The lowest BCUT2D eigenvalue weighted by atomic mass is 9.97. The summed E-state index contributed by atoms with van der Waals surface area (Å²) in [6, 6.07) is 6.32. The number of benzene rings is 1. The van der Waals surface area contributed by atoms with Gasteiger partial charge in [0.1, 0.15) is 5.78 Å². The highest BCUT2D eigenvalue weighted by atomic mass is 16.1. The van der Waals surface area contributed by atoms with Crippen molar-refractivity contribution in [3.05, 3.63) is 34.9 Å². The summed E-state index contributed by atoms with van der Waals surface area (Å²) in [5, 5.41) is 3.04. The predicted molar refractivity (Wildman–Crippen MR) is 67.7 cm³/mol. The first-order chi connectivity index (χ1) is 7.52. The Hall–Kier alpha value is -1.15. The molecular formula is C14H21NO. The van der Waals surface area contributed by atoms with Gasteiger partial charge in [-0.25, -0.2) is 0 Å². The molecule has 1 atom stereocenters. The molecule has 0 aliphatic carbocycles. The molecule has 0 amide bonds. The molecule has 16 heavy (non-hydrogen) atoms. The Balaban J connectivity index is 2.69. The number of nitrogens with one attached hydrogen (secondary N) is 1. The van der Waals surface area contributed by atoms with Crippen LogP contribution in [-0.2, 0) is 11.2 Å². The molecule has 2 nitrogen and oxygen atoms in total. The highest BCUT2D eigenvalue weighted by molar-refractivity contribution is 5.83. The number of Topliss-reactive ketones (excluding diaryl/α,β-unsaturated/α-hetero) is 1. The summed E-state index contributed by atoms with van der Waals surface area (Å²) in [6.07, 6.45) is 0.547. The van der Waals surface area contributed by atoms with E-state index in [9.17, 15) is 4.79 Å². The van der Waals surface area contributed by atoms with Crippen molar-refractivity contribution in [2.24, 2.45) is 5.92 Å². The normalized spacial score (nSPS) is 12.5. The van der Waals surface area contributed by atoms with Gasteiger partial charge < -0.3 is 5.32 Å². The van der Waals surface area contributed by atoms with E-state index in [4.69, 9.17) is 0 Å². The summed E-state index contributed by atoms with van der Waals surface area (Å²) < 4.78 is 0. The van der Waals surface area contributed by atoms with Gasteiger partial charge in [-0.3, -0.25) is 4.79 Å². The maximum Gasteiger partial charge on any atom is 0.141 e. The SMILES string of the molecule is CNCC(C)C(=O)Cc1cc(C)cc(C)c1. The predicted octanol–water partition coefficient (Wildman–Crippen LogP) is 2.27. The van der Waals surface area contributed by atoms with E-state index in [0.717, 1.165) is 12.1 Å². The van der Waals surface area contributed by atoms with Crippen molar-refractivity contribution in [1.29, 1.82) is 0 Å². The van der Waals surface area contributed by atoms with Gasteiger partial charge >= 0.3 is 0 Å². The second kappa shape index (κ2) is 5.80. The van der Waals surface area contributed by atoms with E-state index in [-0.39, 0.29) is 5.92 Å². The number of rotatable bonds is 5. The number of carbonyl (C=O) groups is 1. The molecule has 0 aromatic heterocycles. The lowest BCUT2D eigenvalue weighted by Gasteiger charge is -2.10. The van der Waals surface area contributed by atoms with Crippen LogP contribution in [0.4, 0.5) is 0 Å². The van der Waals surface area contributed by atoms with Gasteiger partial charge in [0.05, 0.1) is 0 Å². The van der Waals surface area contributed by atoms with Crippen LogP contribution in [0.5, 0.6) is 0 Å². The molecule has 0 aliphatic rings. The fourth-order valence-electron chi connectivity index (χ4n) is 1.97. The van der Waals surface area contributed by atoms with Crippen molar-refractivity contribution in [3.8, 4) is 0 Å². The van der Waals surface area contributed by atoms with Crippen LogP contribution in [0, 0.1) is 19.8 Å². The van der Waals surface area contributed by atoms with E-state index in [1.807, 2.05) is 14.0 Å². The molecule has 2 heteroatoms. The minimum absolute atomic E-state index is 0.0887. The van der Waals surface area contributed by atoms with E-state index in [1.165, 1.54) is 11.1 Å². The Kier molecular flexibility index (Phi) is 4.69. The van der Waals surface area contributed by atoms with Gasteiger partial charge in [-0.05, 0) is 26.5 Å². The zero-order valence-electron chi connectivity index (χ0n) is 10.6. The largest absolute Gasteiger partial charge is 0.319 e. The third-order valence-corrected chi connectivity index (χ3v) is 2.72. The molecule has 88 valence electrons. The van der Waals surface area contributed by atoms with E-state index >= 15 is 0 Å². The fraction of sp³-hybridized carbons (Fsp3) is 0.500. The molecule has 0 radical (unpaired) electrons. The lowest BCUT2D eigenvalue weighted by molar-refractivity contribution is -0.121. The standard InChI is InChI=1S/C14H21NO/c1-10-5-11(2)7-13(6-10)8-14(16)12(3)9-15-4/h5-7,12,15H,8-9H2,1-4H3. The first-order valence-electron chi connectivity index (χ1n) is 5.77. The number of carbonyl (C=O) groups excluding carboxylic acids is 1. The summed E-state index contributed by atoms with van der Waals surface area (Å²) >= 11 is 0. The minimum atomic E-state index is 0.0887. The second-order valence-electron chi connectivity index (χ2n) is 4.60. The molecule has 0 saturated heterocycles.